The third-order valence-electron chi connectivity index (χ3n) is 3.01. The van der Waals surface area contributed by atoms with Gasteiger partial charge in [-0.15, -0.1) is 11.3 Å². The number of nitrogens with zero attached hydrogens (tertiary/aromatic N) is 2. The van der Waals surface area contributed by atoms with Crippen LogP contribution in [-0.4, -0.2) is 38.7 Å². The van der Waals surface area contributed by atoms with Crippen LogP contribution in [-0.2, 0) is 20.0 Å². The van der Waals surface area contributed by atoms with Crippen LogP contribution in [0.15, 0.2) is 44.8 Å². The van der Waals surface area contributed by atoms with Gasteiger partial charge in [-0.05, 0) is 23.6 Å². The predicted octanol–water partition coefficient (Wildman–Crippen LogP) is 1.01. The zero-order valence-corrected chi connectivity index (χ0v) is 15.3. The molecule has 128 valence electrons. The SMILES string of the molecule is O=S(=O)(NCCNS(=O)(=O)c1cccc2nsnc12)c1cccs1. The summed E-state index contributed by atoms with van der Waals surface area (Å²) in [6.45, 7) is -0.147. The molecule has 0 aliphatic carbocycles. The Morgan fingerprint density at radius 2 is 1.67 bits per heavy atom. The molecule has 0 spiro atoms. The molecule has 0 saturated carbocycles. The third-order valence-corrected chi connectivity index (χ3v) is 7.90. The molecule has 8 nitrogen and oxygen atoms in total. The van der Waals surface area contributed by atoms with Gasteiger partial charge in [-0.3, -0.25) is 0 Å². The highest BCUT2D eigenvalue weighted by Crippen LogP contribution is 2.20. The fraction of sp³-hybridized carbons (Fsp3) is 0.167. The van der Waals surface area contributed by atoms with Gasteiger partial charge in [-0.1, -0.05) is 12.1 Å². The molecule has 1 aromatic carbocycles. The van der Waals surface area contributed by atoms with E-state index in [1.807, 2.05) is 0 Å². The lowest BCUT2D eigenvalue weighted by Crippen LogP contribution is -2.34. The van der Waals surface area contributed by atoms with Crippen LogP contribution in [0, 0.1) is 0 Å². The van der Waals surface area contributed by atoms with E-state index in [1.165, 1.54) is 12.1 Å². The maximum Gasteiger partial charge on any atom is 0.250 e. The van der Waals surface area contributed by atoms with Crippen molar-refractivity contribution >= 4 is 54.1 Å². The summed E-state index contributed by atoms with van der Waals surface area (Å²) in [5.74, 6) is 0. The molecule has 2 heterocycles. The summed E-state index contributed by atoms with van der Waals surface area (Å²) < 4.78 is 61.4. The van der Waals surface area contributed by atoms with Crippen LogP contribution >= 0.6 is 23.1 Å². The summed E-state index contributed by atoms with van der Waals surface area (Å²) >= 11 is 2.02. The van der Waals surface area contributed by atoms with Crippen molar-refractivity contribution in [3.05, 3.63) is 35.7 Å². The molecule has 0 saturated heterocycles. The first-order valence-corrected chi connectivity index (χ1v) is 11.2. The zero-order valence-electron chi connectivity index (χ0n) is 12.0. The number of nitrogens with one attached hydrogen (secondary N) is 2. The molecule has 24 heavy (non-hydrogen) atoms. The minimum absolute atomic E-state index is 0.0230. The highest BCUT2D eigenvalue weighted by Gasteiger charge is 2.20. The van der Waals surface area contributed by atoms with Crippen LogP contribution < -0.4 is 9.44 Å². The van der Waals surface area contributed by atoms with Crippen LogP contribution in [0.2, 0.25) is 0 Å². The van der Waals surface area contributed by atoms with Crippen molar-refractivity contribution < 1.29 is 16.8 Å². The van der Waals surface area contributed by atoms with E-state index in [2.05, 4.69) is 18.2 Å². The van der Waals surface area contributed by atoms with Gasteiger partial charge in [-0.25, -0.2) is 26.3 Å². The van der Waals surface area contributed by atoms with Crippen LogP contribution in [0.1, 0.15) is 0 Å². The second-order valence-corrected chi connectivity index (χ2v) is 9.82. The first-order chi connectivity index (χ1) is 11.4. The molecule has 0 aliphatic heterocycles. The van der Waals surface area contributed by atoms with Crippen molar-refractivity contribution in [3.63, 3.8) is 0 Å². The number of rotatable bonds is 7. The standard InChI is InChI=1S/C12H12N4O4S4/c17-23(18,10-4-1-3-9-12(10)16-22-15-9)13-6-7-14-24(19,20)11-5-2-8-21-11/h1-5,8,13-14H,6-7H2. The van der Waals surface area contributed by atoms with E-state index in [-0.39, 0.29) is 22.2 Å². The molecule has 0 fully saturated rings. The van der Waals surface area contributed by atoms with E-state index in [0.717, 1.165) is 23.1 Å². The monoisotopic (exact) mass is 404 g/mol. The van der Waals surface area contributed by atoms with Crippen molar-refractivity contribution in [3.8, 4) is 0 Å². The van der Waals surface area contributed by atoms with Gasteiger partial charge in [0.25, 0.3) is 0 Å². The van der Waals surface area contributed by atoms with Gasteiger partial charge in [0.15, 0.2) is 0 Å². The normalized spacial score (nSPS) is 12.7. The van der Waals surface area contributed by atoms with E-state index < -0.39 is 20.0 Å². The average Bonchev–Trinajstić information content (AvgIpc) is 3.22. The molecule has 2 N–H and O–H groups in total. The first-order valence-electron chi connectivity index (χ1n) is 6.64. The highest BCUT2D eigenvalue weighted by atomic mass is 32.2. The highest BCUT2D eigenvalue weighted by molar-refractivity contribution is 7.91. The molecule has 12 heteroatoms. The maximum absolute atomic E-state index is 12.3. The van der Waals surface area contributed by atoms with Crippen molar-refractivity contribution in [2.45, 2.75) is 9.10 Å². The Morgan fingerprint density at radius 3 is 2.38 bits per heavy atom. The lowest BCUT2D eigenvalue weighted by Gasteiger charge is -2.08. The van der Waals surface area contributed by atoms with Gasteiger partial charge in [0.1, 0.15) is 20.1 Å². The quantitative estimate of drug-likeness (QED) is 0.568. The molecule has 0 bridgehead atoms. The smallest absolute Gasteiger partial charge is 0.210 e. The fourth-order valence-electron chi connectivity index (χ4n) is 1.93. The summed E-state index contributed by atoms with van der Waals surface area (Å²) in [5.41, 5.74) is 0.801. The van der Waals surface area contributed by atoms with Gasteiger partial charge in [0.05, 0.1) is 11.7 Å². The largest absolute Gasteiger partial charge is 0.250 e. The lowest BCUT2D eigenvalue weighted by atomic mass is 10.3. The lowest BCUT2D eigenvalue weighted by molar-refractivity contribution is 0.572. The number of aromatic nitrogens is 2. The zero-order chi connectivity index (χ0) is 17.2. The van der Waals surface area contributed by atoms with Crippen LogP contribution in [0.25, 0.3) is 11.0 Å². The van der Waals surface area contributed by atoms with E-state index in [1.54, 1.807) is 23.6 Å². The topological polar surface area (TPSA) is 118 Å². The molecule has 3 rings (SSSR count). The maximum atomic E-state index is 12.3. The number of benzene rings is 1. The summed E-state index contributed by atoms with van der Waals surface area (Å²) in [4.78, 5) is 0.0230. The number of thiophene rings is 1. The number of hydrogen-bond donors (Lipinski definition) is 2. The predicted molar refractivity (Wildman–Crippen MR) is 92.1 cm³/mol. The second-order valence-electron chi connectivity index (χ2n) is 4.62. The second kappa shape index (κ2) is 6.82. The van der Waals surface area contributed by atoms with Crippen molar-refractivity contribution in [2.24, 2.45) is 0 Å². The summed E-state index contributed by atoms with van der Waals surface area (Å²) in [5, 5.41) is 1.65. The van der Waals surface area contributed by atoms with Crippen molar-refractivity contribution in [2.75, 3.05) is 13.1 Å². The number of hydrogen-bond acceptors (Lipinski definition) is 8. The minimum atomic E-state index is -3.81. The summed E-state index contributed by atoms with van der Waals surface area (Å²) in [7, 11) is -7.42. The molecular formula is C12H12N4O4S4. The molecule has 0 amide bonds. The van der Waals surface area contributed by atoms with Gasteiger partial charge >= 0.3 is 0 Å². The van der Waals surface area contributed by atoms with Gasteiger partial charge in [-0.2, -0.15) is 8.75 Å². The van der Waals surface area contributed by atoms with Crippen LogP contribution in [0.4, 0.5) is 0 Å². The average molecular weight is 405 g/mol. The van der Waals surface area contributed by atoms with Gasteiger partial charge < -0.3 is 0 Å². The minimum Gasteiger partial charge on any atom is -0.210 e. The molecule has 0 radical (unpaired) electrons. The Kier molecular flexibility index (Phi) is 4.94. The van der Waals surface area contributed by atoms with Crippen molar-refractivity contribution in [1.29, 1.82) is 0 Å². The van der Waals surface area contributed by atoms with Crippen LogP contribution in [0.5, 0.6) is 0 Å². The molecule has 0 atom stereocenters. The first kappa shape index (κ1) is 17.4. The fourth-order valence-corrected chi connectivity index (χ4v) is 5.80. The molecular weight excluding hydrogens is 392 g/mol. The van der Waals surface area contributed by atoms with E-state index >= 15 is 0 Å². The Hall–Kier alpha value is -1.44. The Labute approximate surface area is 147 Å². The molecule has 0 unspecified atom stereocenters. The van der Waals surface area contributed by atoms with E-state index in [0.29, 0.717) is 11.0 Å². The van der Waals surface area contributed by atoms with Gasteiger partial charge in [0, 0.05) is 13.1 Å². The number of sulfonamides is 2. The molecule has 3 aromatic rings. The van der Waals surface area contributed by atoms with Gasteiger partial charge in [0.2, 0.25) is 20.0 Å². The van der Waals surface area contributed by atoms with Crippen molar-refractivity contribution in [1.82, 2.24) is 18.2 Å². The summed E-state index contributed by atoms with van der Waals surface area (Å²) in [6, 6.07) is 7.80. The summed E-state index contributed by atoms with van der Waals surface area (Å²) in [6.07, 6.45) is 0. The third kappa shape index (κ3) is 3.63. The Bertz CT molecular complexity index is 1040. The number of fused-ring (bicyclic) bond motifs is 1. The molecule has 2 aromatic heterocycles. The van der Waals surface area contributed by atoms with E-state index in [4.69, 9.17) is 0 Å². The Morgan fingerprint density at radius 1 is 0.917 bits per heavy atom. The Balaban J connectivity index is 1.65. The molecule has 0 aliphatic rings. The van der Waals surface area contributed by atoms with Crippen LogP contribution in [0.3, 0.4) is 0 Å². The van der Waals surface area contributed by atoms with E-state index in [9.17, 15) is 16.8 Å².